The second kappa shape index (κ2) is 3.68. The summed E-state index contributed by atoms with van der Waals surface area (Å²) >= 11 is 0. The number of nitrogens with zero attached hydrogens (tertiary/aromatic N) is 1. The Morgan fingerprint density at radius 1 is 1.50 bits per heavy atom. The molecule has 3 fully saturated rings. The molecular formula is C11H18N2O3. The van der Waals surface area contributed by atoms with E-state index in [4.69, 9.17) is 4.74 Å². The zero-order valence-corrected chi connectivity index (χ0v) is 9.43. The molecule has 1 amide bonds. The largest absolute Gasteiger partial charge is 0.389 e. The van der Waals surface area contributed by atoms with Crippen LogP contribution >= 0.6 is 0 Å². The SMILES string of the molecule is COCC(=O)N1C[C@H]2C[C@@H]3N[C@H](C2)[C@H]1C3O. The molecule has 1 unspecified atom stereocenters. The van der Waals surface area contributed by atoms with Crippen molar-refractivity contribution in [1.29, 1.82) is 0 Å². The number of likely N-dealkylation sites (tertiary alicyclic amines) is 1. The molecule has 5 atom stereocenters. The molecule has 16 heavy (non-hydrogen) atoms. The van der Waals surface area contributed by atoms with Crippen LogP contribution in [0.1, 0.15) is 12.8 Å². The number of hydrogen-bond acceptors (Lipinski definition) is 4. The van der Waals surface area contributed by atoms with E-state index >= 15 is 0 Å². The molecule has 2 N–H and O–H groups in total. The second-order valence-electron chi connectivity index (χ2n) is 5.18. The van der Waals surface area contributed by atoms with Gasteiger partial charge in [0.2, 0.25) is 5.91 Å². The van der Waals surface area contributed by atoms with Gasteiger partial charge in [0.05, 0.1) is 12.1 Å². The van der Waals surface area contributed by atoms with Crippen LogP contribution in [0.2, 0.25) is 0 Å². The second-order valence-corrected chi connectivity index (χ2v) is 5.18. The monoisotopic (exact) mass is 226 g/mol. The summed E-state index contributed by atoms with van der Waals surface area (Å²) in [5.41, 5.74) is 0. The van der Waals surface area contributed by atoms with E-state index in [-0.39, 0.29) is 30.6 Å². The third-order valence-corrected chi connectivity index (χ3v) is 4.18. The van der Waals surface area contributed by atoms with Crippen LogP contribution in [-0.2, 0) is 9.53 Å². The van der Waals surface area contributed by atoms with E-state index < -0.39 is 6.10 Å². The predicted octanol–water partition coefficient (Wildman–Crippen LogP) is -1.05. The van der Waals surface area contributed by atoms with Crippen molar-refractivity contribution in [2.45, 2.75) is 37.1 Å². The molecule has 5 heteroatoms. The normalized spacial score (nSPS) is 45.1. The number of aliphatic hydroxyl groups is 1. The smallest absolute Gasteiger partial charge is 0.248 e. The summed E-state index contributed by atoms with van der Waals surface area (Å²) in [5, 5.41) is 13.6. The lowest BCUT2D eigenvalue weighted by atomic mass is 9.88. The number of carbonyl (C=O) groups excluding carboxylic acids is 1. The van der Waals surface area contributed by atoms with Crippen molar-refractivity contribution in [1.82, 2.24) is 10.2 Å². The van der Waals surface area contributed by atoms with E-state index in [1.54, 1.807) is 0 Å². The van der Waals surface area contributed by atoms with Crippen LogP contribution < -0.4 is 5.32 Å². The lowest BCUT2D eigenvalue weighted by Gasteiger charge is -2.42. The van der Waals surface area contributed by atoms with Gasteiger partial charge in [-0.15, -0.1) is 0 Å². The summed E-state index contributed by atoms with van der Waals surface area (Å²) in [6.45, 7) is 0.909. The number of hydrogen-bond donors (Lipinski definition) is 2. The van der Waals surface area contributed by atoms with Crippen LogP contribution in [0.25, 0.3) is 0 Å². The first kappa shape index (κ1) is 10.5. The van der Waals surface area contributed by atoms with Gasteiger partial charge < -0.3 is 20.1 Å². The quantitative estimate of drug-likeness (QED) is 0.631. The minimum absolute atomic E-state index is 0.00519. The number of piperidine rings is 2. The fourth-order valence-corrected chi connectivity index (χ4v) is 3.60. The first-order valence-corrected chi connectivity index (χ1v) is 5.93. The number of fused-ring (bicyclic) bond motifs is 2. The topological polar surface area (TPSA) is 61.8 Å². The third kappa shape index (κ3) is 1.38. The molecule has 0 aromatic rings. The van der Waals surface area contributed by atoms with Gasteiger partial charge in [0.1, 0.15) is 6.61 Å². The molecule has 90 valence electrons. The van der Waals surface area contributed by atoms with Crippen molar-refractivity contribution in [3.8, 4) is 0 Å². The maximum atomic E-state index is 11.9. The van der Waals surface area contributed by atoms with Gasteiger partial charge in [-0.3, -0.25) is 4.79 Å². The third-order valence-electron chi connectivity index (χ3n) is 4.18. The van der Waals surface area contributed by atoms with Crippen LogP contribution in [-0.4, -0.2) is 60.4 Å². The Morgan fingerprint density at radius 3 is 3.00 bits per heavy atom. The molecule has 3 bridgehead atoms. The van der Waals surface area contributed by atoms with E-state index in [1.807, 2.05) is 4.90 Å². The standard InChI is InChI=1S/C11H18N2O3/c1-16-5-9(14)13-4-6-2-7-10(13)11(15)8(3-6)12-7/h6-8,10-12,15H,2-5H2,1H3/t6-,7-,8+,10+,11?/m1/s1. The molecule has 3 rings (SSSR count). The van der Waals surface area contributed by atoms with Gasteiger partial charge in [-0.05, 0) is 18.8 Å². The Labute approximate surface area is 94.8 Å². The number of rotatable bonds is 2. The van der Waals surface area contributed by atoms with E-state index in [2.05, 4.69) is 5.32 Å². The van der Waals surface area contributed by atoms with E-state index in [1.165, 1.54) is 7.11 Å². The Hall–Kier alpha value is -0.650. The Morgan fingerprint density at radius 2 is 2.25 bits per heavy atom. The van der Waals surface area contributed by atoms with E-state index in [9.17, 15) is 9.90 Å². The highest BCUT2D eigenvalue weighted by Gasteiger charge is 2.54. The van der Waals surface area contributed by atoms with Gasteiger partial charge in [-0.1, -0.05) is 0 Å². The molecule has 3 aliphatic heterocycles. The maximum Gasteiger partial charge on any atom is 0.248 e. The summed E-state index contributed by atoms with van der Waals surface area (Å²) < 4.78 is 4.90. The minimum Gasteiger partial charge on any atom is -0.389 e. The lowest BCUT2D eigenvalue weighted by molar-refractivity contribution is -0.142. The molecule has 5 nitrogen and oxygen atoms in total. The van der Waals surface area contributed by atoms with Crippen LogP contribution in [0.5, 0.6) is 0 Å². The van der Waals surface area contributed by atoms with Crippen LogP contribution in [0, 0.1) is 5.92 Å². The number of ether oxygens (including phenoxy) is 1. The predicted molar refractivity (Wildman–Crippen MR) is 56.8 cm³/mol. The highest BCUT2D eigenvalue weighted by atomic mass is 16.5. The molecule has 0 aromatic carbocycles. The Bertz CT molecular complexity index is 306. The number of carbonyl (C=O) groups is 1. The van der Waals surface area contributed by atoms with Crippen LogP contribution in [0.15, 0.2) is 0 Å². The zero-order valence-electron chi connectivity index (χ0n) is 9.43. The first-order chi connectivity index (χ1) is 7.70. The van der Waals surface area contributed by atoms with Gasteiger partial charge in [0, 0.05) is 25.7 Å². The number of aliphatic hydroxyl groups excluding tert-OH is 1. The van der Waals surface area contributed by atoms with Gasteiger partial charge in [0.25, 0.3) is 0 Å². The average molecular weight is 226 g/mol. The van der Waals surface area contributed by atoms with Crippen molar-refractivity contribution in [2.24, 2.45) is 5.92 Å². The maximum absolute atomic E-state index is 11.9. The summed E-state index contributed by atoms with van der Waals surface area (Å²) in [7, 11) is 1.53. The van der Waals surface area contributed by atoms with Crippen molar-refractivity contribution in [2.75, 3.05) is 20.3 Å². The molecule has 0 radical (unpaired) electrons. The number of nitrogens with one attached hydrogen (secondary N) is 1. The molecule has 3 aliphatic rings. The van der Waals surface area contributed by atoms with Gasteiger partial charge in [-0.2, -0.15) is 0 Å². The lowest BCUT2D eigenvalue weighted by Crippen LogP contribution is -2.57. The molecule has 0 aliphatic carbocycles. The zero-order chi connectivity index (χ0) is 11.3. The first-order valence-electron chi connectivity index (χ1n) is 5.93. The molecule has 3 saturated heterocycles. The van der Waals surface area contributed by atoms with Crippen molar-refractivity contribution >= 4 is 5.91 Å². The summed E-state index contributed by atoms with van der Waals surface area (Å²) in [6.07, 6.45) is 1.68. The number of methoxy groups -OCH3 is 1. The highest BCUT2D eigenvalue weighted by Crippen LogP contribution is 2.39. The van der Waals surface area contributed by atoms with E-state index in [0.29, 0.717) is 5.92 Å². The molecular weight excluding hydrogens is 208 g/mol. The van der Waals surface area contributed by atoms with Gasteiger partial charge >= 0.3 is 0 Å². The Kier molecular flexibility index (Phi) is 2.42. The molecule has 0 saturated carbocycles. The minimum atomic E-state index is -0.404. The highest BCUT2D eigenvalue weighted by molar-refractivity contribution is 5.78. The molecule has 0 aromatic heterocycles. The van der Waals surface area contributed by atoms with Crippen LogP contribution in [0.3, 0.4) is 0 Å². The number of amides is 1. The molecule has 0 spiro atoms. The van der Waals surface area contributed by atoms with Crippen molar-refractivity contribution < 1.29 is 14.6 Å². The molecule has 3 heterocycles. The van der Waals surface area contributed by atoms with Crippen LogP contribution in [0.4, 0.5) is 0 Å². The van der Waals surface area contributed by atoms with Gasteiger partial charge in [-0.25, -0.2) is 0 Å². The van der Waals surface area contributed by atoms with E-state index in [0.717, 1.165) is 19.4 Å². The van der Waals surface area contributed by atoms with Crippen molar-refractivity contribution in [3.63, 3.8) is 0 Å². The fourth-order valence-electron chi connectivity index (χ4n) is 3.60. The van der Waals surface area contributed by atoms with Gasteiger partial charge in [0.15, 0.2) is 0 Å². The summed E-state index contributed by atoms with van der Waals surface area (Å²) in [6, 6.07) is 0.439. The average Bonchev–Trinajstić information content (AvgIpc) is 2.41. The summed E-state index contributed by atoms with van der Waals surface area (Å²) in [4.78, 5) is 13.7. The summed E-state index contributed by atoms with van der Waals surface area (Å²) in [5.74, 6) is 0.552. The fraction of sp³-hybridized carbons (Fsp3) is 0.909. The Balaban J connectivity index is 1.83. The van der Waals surface area contributed by atoms with Crippen molar-refractivity contribution in [3.05, 3.63) is 0 Å².